The number of fused-ring (bicyclic) bond motifs is 3. The van der Waals surface area contributed by atoms with E-state index in [1.54, 1.807) is 0 Å². The fraction of sp³-hybridized carbons (Fsp3) is 0.0244. The van der Waals surface area contributed by atoms with Crippen molar-refractivity contribution in [3.63, 3.8) is 0 Å². The fourth-order valence-corrected chi connectivity index (χ4v) is 5.43. The minimum absolute atomic E-state index is 0.627. The van der Waals surface area contributed by atoms with Crippen molar-refractivity contribution in [3.05, 3.63) is 175 Å². The number of nitrogens with zero attached hydrogens (tertiary/aromatic N) is 4. The largest absolute Gasteiger partial charge is 0.254 e. The van der Waals surface area contributed by atoms with Gasteiger partial charge in [0, 0.05) is 33.8 Å². The Hall–Kier alpha value is -6.00. The lowest BCUT2D eigenvalue weighted by molar-refractivity contribution is 1.37. The fourth-order valence-electron chi connectivity index (χ4n) is 5.43. The van der Waals surface area contributed by atoms with Crippen LogP contribution in [-0.4, -0.2) is 21.5 Å². The molecule has 0 unspecified atom stereocenters. The highest BCUT2D eigenvalue weighted by atomic mass is 14.9. The zero-order valence-corrected chi connectivity index (χ0v) is 24.9. The number of hydrogen-bond donors (Lipinski definition) is 0. The predicted molar refractivity (Wildman–Crippen MR) is 189 cm³/mol. The topological polar surface area (TPSA) is 50.5 Å². The molecule has 7 aromatic rings. The van der Waals surface area contributed by atoms with Crippen molar-refractivity contribution in [2.45, 2.75) is 6.92 Å². The molecule has 0 fully saturated rings. The molecule has 0 N–H and O–H groups in total. The summed E-state index contributed by atoms with van der Waals surface area (Å²) in [6, 6.07) is 49.5. The second kappa shape index (κ2) is 12.3. The molecule has 214 valence electrons. The number of rotatable bonds is 6. The Kier molecular flexibility index (Phi) is 7.61. The molecule has 0 atom stereocenters. The number of benzene rings is 5. The number of aliphatic imine (C=N–C) groups is 2. The Morgan fingerprint density at radius 3 is 1.93 bits per heavy atom. The van der Waals surface area contributed by atoms with E-state index >= 15 is 0 Å². The summed E-state index contributed by atoms with van der Waals surface area (Å²) in [5.74, 6) is 0.627. The SMILES string of the molecule is C=C(/N=C(\N=C(/C)c1cccc(-c2ccc(-c3ccc4ccc5cccnc5c4n3)cc2)c1)c1ccccc1)c1ccccc1. The number of aromatic nitrogens is 2. The first-order chi connectivity index (χ1) is 22.1. The Bertz CT molecular complexity index is 2210. The van der Waals surface area contributed by atoms with Gasteiger partial charge in [0.15, 0.2) is 5.84 Å². The summed E-state index contributed by atoms with van der Waals surface area (Å²) in [6.45, 7) is 6.24. The van der Waals surface area contributed by atoms with Crippen molar-refractivity contribution < 1.29 is 0 Å². The molecule has 4 nitrogen and oxygen atoms in total. The van der Waals surface area contributed by atoms with Crippen molar-refractivity contribution in [1.82, 2.24) is 9.97 Å². The van der Waals surface area contributed by atoms with Crippen molar-refractivity contribution in [1.29, 1.82) is 0 Å². The third-order valence-electron chi connectivity index (χ3n) is 7.88. The number of pyridine rings is 2. The second-order valence-corrected chi connectivity index (χ2v) is 10.9. The molecule has 0 radical (unpaired) electrons. The molecule has 5 aromatic carbocycles. The van der Waals surface area contributed by atoms with E-state index in [-0.39, 0.29) is 0 Å². The highest BCUT2D eigenvalue weighted by Gasteiger charge is 2.10. The summed E-state index contributed by atoms with van der Waals surface area (Å²) in [6.07, 6.45) is 1.82. The Balaban J connectivity index is 1.19. The van der Waals surface area contributed by atoms with Gasteiger partial charge in [-0.1, -0.05) is 134 Å². The first kappa shape index (κ1) is 27.8. The van der Waals surface area contributed by atoms with Crippen LogP contribution in [0.5, 0.6) is 0 Å². The molecular formula is C41H30N4. The van der Waals surface area contributed by atoms with E-state index in [0.29, 0.717) is 11.5 Å². The summed E-state index contributed by atoms with van der Waals surface area (Å²) in [4.78, 5) is 19.5. The third-order valence-corrected chi connectivity index (χ3v) is 7.88. The van der Waals surface area contributed by atoms with Crippen LogP contribution in [0.15, 0.2) is 168 Å². The lowest BCUT2D eigenvalue weighted by Crippen LogP contribution is -2.04. The van der Waals surface area contributed by atoms with E-state index in [1.165, 1.54) is 0 Å². The van der Waals surface area contributed by atoms with Gasteiger partial charge in [0.2, 0.25) is 0 Å². The minimum Gasteiger partial charge on any atom is -0.254 e. The number of hydrogen-bond acceptors (Lipinski definition) is 3. The van der Waals surface area contributed by atoms with Gasteiger partial charge in [-0.2, -0.15) is 0 Å². The molecule has 2 heterocycles. The first-order valence-electron chi connectivity index (χ1n) is 14.9. The average molecular weight is 579 g/mol. The van der Waals surface area contributed by atoms with E-state index in [4.69, 9.17) is 15.0 Å². The molecule has 45 heavy (non-hydrogen) atoms. The predicted octanol–water partition coefficient (Wildman–Crippen LogP) is 10.0. The van der Waals surface area contributed by atoms with Gasteiger partial charge in [0.1, 0.15) is 0 Å². The normalized spacial score (nSPS) is 12.0. The van der Waals surface area contributed by atoms with Crippen LogP contribution in [0.4, 0.5) is 0 Å². The van der Waals surface area contributed by atoms with Crippen LogP contribution in [0.2, 0.25) is 0 Å². The summed E-state index contributed by atoms with van der Waals surface area (Å²) in [5.41, 5.74) is 10.5. The molecule has 0 spiro atoms. The van der Waals surface area contributed by atoms with E-state index in [2.05, 4.69) is 90.4 Å². The third kappa shape index (κ3) is 5.95. The quantitative estimate of drug-likeness (QED) is 0.112. The molecule has 0 saturated carbocycles. The van der Waals surface area contributed by atoms with Gasteiger partial charge in [-0.05, 0) is 47.4 Å². The standard InChI is InChI=1S/C41H30N4/c1-28(30-11-5-3-6-12-30)43-41(35-13-7-4-8-14-35)44-29(2)36-15-9-16-37(27-36)31-18-20-32(21-19-31)38-25-24-34-23-22-33-17-10-26-42-39(33)40(34)45-38/h3-27H,1H2,2H3/b43-41-,44-29+. The van der Waals surface area contributed by atoms with E-state index in [1.807, 2.05) is 79.9 Å². The first-order valence-corrected chi connectivity index (χ1v) is 14.9. The highest BCUT2D eigenvalue weighted by Crippen LogP contribution is 2.28. The van der Waals surface area contributed by atoms with Gasteiger partial charge in [-0.25, -0.2) is 15.0 Å². The lowest BCUT2D eigenvalue weighted by Gasteiger charge is -2.09. The molecule has 2 aromatic heterocycles. The molecule has 0 saturated heterocycles. The van der Waals surface area contributed by atoms with Gasteiger partial charge >= 0.3 is 0 Å². The Labute approximate surface area is 262 Å². The van der Waals surface area contributed by atoms with Crippen molar-refractivity contribution in [2.24, 2.45) is 9.98 Å². The summed E-state index contributed by atoms with van der Waals surface area (Å²) < 4.78 is 0. The average Bonchev–Trinajstić information content (AvgIpc) is 3.12. The molecule has 0 amide bonds. The van der Waals surface area contributed by atoms with Gasteiger partial charge in [-0.3, -0.25) is 4.98 Å². The van der Waals surface area contributed by atoms with Crippen molar-refractivity contribution in [2.75, 3.05) is 0 Å². The van der Waals surface area contributed by atoms with E-state index < -0.39 is 0 Å². The molecule has 0 aliphatic rings. The highest BCUT2D eigenvalue weighted by molar-refractivity contribution is 6.13. The second-order valence-electron chi connectivity index (χ2n) is 10.9. The summed E-state index contributed by atoms with van der Waals surface area (Å²) in [5, 5.41) is 2.17. The van der Waals surface area contributed by atoms with E-state index in [9.17, 15) is 0 Å². The molecular weight excluding hydrogens is 548 g/mol. The van der Waals surface area contributed by atoms with Crippen LogP contribution in [0.25, 0.3) is 49.9 Å². The maximum Gasteiger partial charge on any atom is 0.160 e. The van der Waals surface area contributed by atoms with Crippen molar-refractivity contribution >= 4 is 39.1 Å². The molecule has 7 rings (SSSR count). The van der Waals surface area contributed by atoms with E-state index in [0.717, 1.165) is 66.6 Å². The van der Waals surface area contributed by atoms with Crippen LogP contribution in [0, 0.1) is 0 Å². The maximum absolute atomic E-state index is 5.01. The van der Waals surface area contributed by atoms with Crippen molar-refractivity contribution in [3.8, 4) is 22.4 Å². The summed E-state index contributed by atoms with van der Waals surface area (Å²) in [7, 11) is 0. The molecule has 0 aliphatic heterocycles. The minimum atomic E-state index is 0.627. The zero-order valence-electron chi connectivity index (χ0n) is 24.9. The molecule has 0 aliphatic carbocycles. The smallest absolute Gasteiger partial charge is 0.160 e. The van der Waals surface area contributed by atoms with Gasteiger partial charge in [0.25, 0.3) is 0 Å². The van der Waals surface area contributed by atoms with Crippen LogP contribution in [0.3, 0.4) is 0 Å². The van der Waals surface area contributed by atoms with Crippen LogP contribution >= 0.6 is 0 Å². The van der Waals surface area contributed by atoms with Crippen LogP contribution in [-0.2, 0) is 0 Å². The number of amidine groups is 1. The molecule has 4 heteroatoms. The van der Waals surface area contributed by atoms with Crippen LogP contribution in [0.1, 0.15) is 23.6 Å². The van der Waals surface area contributed by atoms with Gasteiger partial charge in [0.05, 0.1) is 22.4 Å². The maximum atomic E-state index is 5.01. The Morgan fingerprint density at radius 2 is 1.18 bits per heavy atom. The zero-order chi connectivity index (χ0) is 30.6. The summed E-state index contributed by atoms with van der Waals surface area (Å²) >= 11 is 0. The Morgan fingerprint density at radius 1 is 0.533 bits per heavy atom. The lowest BCUT2D eigenvalue weighted by atomic mass is 9.99. The van der Waals surface area contributed by atoms with Gasteiger partial charge in [-0.15, -0.1) is 0 Å². The van der Waals surface area contributed by atoms with Gasteiger partial charge < -0.3 is 0 Å². The molecule has 0 bridgehead atoms. The van der Waals surface area contributed by atoms with Crippen LogP contribution < -0.4 is 0 Å². The monoisotopic (exact) mass is 578 g/mol.